The number of allylic oxidation sites excluding steroid dienone is 1. The van der Waals surface area contributed by atoms with Crippen molar-refractivity contribution in [3.05, 3.63) is 23.4 Å². The number of nitrogens with two attached hydrogens (primary N) is 1. The fourth-order valence-corrected chi connectivity index (χ4v) is 2.52. The van der Waals surface area contributed by atoms with Gasteiger partial charge in [-0.2, -0.15) is 0 Å². The Labute approximate surface area is 103 Å². The summed E-state index contributed by atoms with van der Waals surface area (Å²) in [4.78, 5) is 6.12. The fraction of sp³-hybridized carbons (Fsp3) is 0.615. The zero-order chi connectivity index (χ0) is 12.3. The van der Waals surface area contributed by atoms with Gasteiger partial charge in [-0.1, -0.05) is 19.3 Å². The molecule has 1 heterocycles. The quantitative estimate of drug-likeness (QED) is 0.772. The fourth-order valence-electron chi connectivity index (χ4n) is 2.52. The van der Waals surface area contributed by atoms with Gasteiger partial charge in [0.25, 0.3) is 0 Å². The molecule has 1 fully saturated rings. The van der Waals surface area contributed by atoms with E-state index in [0.717, 1.165) is 5.57 Å². The standard InChI is InChI=1S/C13H21N3O/c1-16(11-5-3-2-4-6-11)9-10-7-8-15-13(14)12(10)17/h8-9,11,17H,2-7,14H2,1H3. The number of aliphatic hydroxyl groups is 1. The van der Waals surface area contributed by atoms with Gasteiger partial charge in [-0.05, 0) is 12.8 Å². The molecule has 1 aliphatic carbocycles. The van der Waals surface area contributed by atoms with Gasteiger partial charge >= 0.3 is 0 Å². The van der Waals surface area contributed by atoms with Crippen molar-refractivity contribution < 1.29 is 5.11 Å². The summed E-state index contributed by atoms with van der Waals surface area (Å²) in [5.74, 6) is 0.356. The molecule has 0 saturated heterocycles. The Balaban J connectivity index is 2.06. The number of rotatable bonds is 2. The van der Waals surface area contributed by atoms with Crippen molar-refractivity contribution in [2.75, 3.05) is 7.05 Å². The van der Waals surface area contributed by atoms with Crippen molar-refractivity contribution in [3.63, 3.8) is 0 Å². The monoisotopic (exact) mass is 235 g/mol. The van der Waals surface area contributed by atoms with Crippen LogP contribution >= 0.6 is 0 Å². The molecule has 0 aromatic rings. The molecule has 1 aliphatic heterocycles. The van der Waals surface area contributed by atoms with E-state index in [4.69, 9.17) is 5.73 Å². The minimum atomic E-state index is 0.134. The van der Waals surface area contributed by atoms with Crippen molar-refractivity contribution in [2.45, 2.75) is 44.6 Å². The average molecular weight is 235 g/mol. The van der Waals surface area contributed by atoms with E-state index in [1.165, 1.54) is 32.1 Å². The molecule has 0 amide bonds. The van der Waals surface area contributed by atoms with Gasteiger partial charge < -0.3 is 15.7 Å². The lowest BCUT2D eigenvalue weighted by molar-refractivity contribution is 0.251. The molecule has 3 N–H and O–H groups in total. The zero-order valence-corrected chi connectivity index (χ0v) is 10.4. The van der Waals surface area contributed by atoms with Crippen LogP contribution in [-0.4, -0.2) is 29.3 Å². The van der Waals surface area contributed by atoms with Gasteiger partial charge in [0, 0.05) is 37.5 Å². The first kappa shape index (κ1) is 12.0. The lowest BCUT2D eigenvalue weighted by Gasteiger charge is -2.31. The van der Waals surface area contributed by atoms with Gasteiger partial charge in [-0.25, -0.2) is 4.99 Å². The summed E-state index contributed by atoms with van der Waals surface area (Å²) in [5.41, 5.74) is 6.46. The van der Waals surface area contributed by atoms with E-state index in [1.807, 2.05) is 6.20 Å². The Morgan fingerprint density at radius 1 is 1.41 bits per heavy atom. The first-order valence-electron chi connectivity index (χ1n) is 6.32. The third kappa shape index (κ3) is 2.81. The highest BCUT2D eigenvalue weighted by Crippen LogP contribution is 2.24. The van der Waals surface area contributed by atoms with Crippen LogP contribution < -0.4 is 5.73 Å². The maximum atomic E-state index is 9.83. The summed E-state index contributed by atoms with van der Waals surface area (Å²) in [5, 5.41) is 9.83. The summed E-state index contributed by atoms with van der Waals surface area (Å²) in [7, 11) is 2.08. The van der Waals surface area contributed by atoms with Crippen LogP contribution in [0.4, 0.5) is 0 Å². The second kappa shape index (κ2) is 5.25. The lowest BCUT2D eigenvalue weighted by Crippen LogP contribution is -2.29. The lowest BCUT2D eigenvalue weighted by atomic mass is 9.94. The molecular formula is C13H21N3O. The van der Waals surface area contributed by atoms with Crippen LogP contribution in [0.3, 0.4) is 0 Å². The molecule has 94 valence electrons. The van der Waals surface area contributed by atoms with Gasteiger partial charge in [0.05, 0.1) is 0 Å². The molecule has 0 unspecified atom stereocenters. The van der Waals surface area contributed by atoms with Crippen molar-refractivity contribution >= 4 is 6.21 Å². The predicted octanol–water partition coefficient (Wildman–Crippen LogP) is 2.30. The van der Waals surface area contributed by atoms with E-state index in [9.17, 15) is 5.11 Å². The van der Waals surface area contributed by atoms with E-state index in [1.54, 1.807) is 6.21 Å². The van der Waals surface area contributed by atoms with Crippen LogP contribution in [0.1, 0.15) is 38.5 Å². The summed E-state index contributed by atoms with van der Waals surface area (Å²) in [6.07, 6.45) is 10.9. The summed E-state index contributed by atoms with van der Waals surface area (Å²) < 4.78 is 0. The highest BCUT2D eigenvalue weighted by molar-refractivity contribution is 5.67. The van der Waals surface area contributed by atoms with Gasteiger partial charge in [0.1, 0.15) is 0 Å². The molecule has 4 nitrogen and oxygen atoms in total. The maximum absolute atomic E-state index is 9.83. The molecule has 0 bridgehead atoms. The number of hydrogen-bond acceptors (Lipinski definition) is 4. The number of aliphatic hydroxyl groups excluding tert-OH is 1. The molecule has 0 aromatic heterocycles. The van der Waals surface area contributed by atoms with Crippen LogP contribution in [0, 0.1) is 0 Å². The number of nitrogens with zero attached hydrogens (tertiary/aromatic N) is 2. The van der Waals surface area contributed by atoms with Gasteiger partial charge in [0.2, 0.25) is 0 Å². The first-order valence-corrected chi connectivity index (χ1v) is 6.32. The van der Waals surface area contributed by atoms with Crippen LogP contribution in [0.2, 0.25) is 0 Å². The molecular weight excluding hydrogens is 214 g/mol. The molecule has 2 rings (SSSR count). The Bertz CT molecular complexity index is 365. The van der Waals surface area contributed by atoms with E-state index < -0.39 is 0 Å². The molecule has 0 spiro atoms. The molecule has 4 heteroatoms. The number of aliphatic imine (C=N–C) groups is 1. The second-order valence-electron chi connectivity index (χ2n) is 4.86. The number of hydrogen-bond donors (Lipinski definition) is 2. The largest absolute Gasteiger partial charge is 0.504 e. The smallest absolute Gasteiger partial charge is 0.165 e. The Morgan fingerprint density at radius 2 is 2.12 bits per heavy atom. The van der Waals surface area contributed by atoms with Crippen LogP contribution in [0.15, 0.2) is 28.3 Å². The Morgan fingerprint density at radius 3 is 2.82 bits per heavy atom. The van der Waals surface area contributed by atoms with Crippen LogP contribution in [0.25, 0.3) is 0 Å². The van der Waals surface area contributed by atoms with E-state index in [-0.39, 0.29) is 11.6 Å². The molecule has 0 atom stereocenters. The Kier molecular flexibility index (Phi) is 3.71. The second-order valence-corrected chi connectivity index (χ2v) is 4.86. The third-order valence-electron chi connectivity index (χ3n) is 3.60. The average Bonchev–Trinajstić information content (AvgIpc) is 2.36. The Hall–Kier alpha value is -1.45. The third-order valence-corrected chi connectivity index (χ3v) is 3.60. The summed E-state index contributed by atoms with van der Waals surface area (Å²) >= 11 is 0. The van der Waals surface area contributed by atoms with Gasteiger partial charge in [0.15, 0.2) is 11.6 Å². The van der Waals surface area contributed by atoms with E-state index in [2.05, 4.69) is 16.9 Å². The van der Waals surface area contributed by atoms with Gasteiger partial charge in [-0.15, -0.1) is 0 Å². The molecule has 1 saturated carbocycles. The highest BCUT2D eigenvalue weighted by atomic mass is 16.3. The van der Waals surface area contributed by atoms with Crippen molar-refractivity contribution in [1.29, 1.82) is 0 Å². The van der Waals surface area contributed by atoms with E-state index in [0.29, 0.717) is 12.5 Å². The molecule has 0 radical (unpaired) electrons. The SMILES string of the molecule is CN(C=C1CC=NC(N)=C1O)C1CCCCC1. The summed E-state index contributed by atoms with van der Waals surface area (Å²) in [6, 6.07) is 0.601. The predicted molar refractivity (Wildman–Crippen MR) is 69.7 cm³/mol. The molecule has 2 aliphatic rings. The normalized spacial score (nSPS) is 24.4. The minimum Gasteiger partial charge on any atom is -0.504 e. The minimum absolute atomic E-state index is 0.134. The van der Waals surface area contributed by atoms with E-state index >= 15 is 0 Å². The van der Waals surface area contributed by atoms with Crippen LogP contribution in [0.5, 0.6) is 0 Å². The topological polar surface area (TPSA) is 61.8 Å². The van der Waals surface area contributed by atoms with Crippen molar-refractivity contribution in [2.24, 2.45) is 10.7 Å². The van der Waals surface area contributed by atoms with Gasteiger partial charge in [-0.3, -0.25) is 0 Å². The van der Waals surface area contributed by atoms with Crippen molar-refractivity contribution in [3.8, 4) is 0 Å². The zero-order valence-electron chi connectivity index (χ0n) is 10.4. The molecule has 17 heavy (non-hydrogen) atoms. The summed E-state index contributed by atoms with van der Waals surface area (Å²) in [6.45, 7) is 0. The van der Waals surface area contributed by atoms with Crippen LogP contribution in [-0.2, 0) is 0 Å². The van der Waals surface area contributed by atoms with Crippen molar-refractivity contribution in [1.82, 2.24) is 4.90 Å². The highest BCUT2D eigenvalue weighted by Gasteiger charge is 2.18. The maximum Gasteiger partial charge on any atom is 0.165 e. The first-order chi connectivity index (χ1) is 8.18. The molecule has 0 aromatic carbocycles.